The first kappa shape index (κ1) is 26.5. The number of fused-ring (bicyclic) bond motifs is 1. The van der Waals surface area contributed by atoms with Gasteiger partial charge in [-0.15, -0.1) is 5.10 Å². The van der Waals surface area contributed by atoms with E-state index in [-0.39, 0.29) is 22.9 Å². The van der Waals surface area contributed by atoms with Crippen LogP contribution in [0.4, 0.5) is 0 Å². The molecule has 11 heteroatoms. The monoisotopic (exact) mass is 581 g/mol. The third-order valence-corrected chi connectivity index (χ3v) is 7.08. The van der Waals surface area contributed by atoms with E-state index in [9.17, 15) is 9.59 Å². The molecule has 0 saturated carbocycles. The highest BCUT2D eigenvalue weighted by Crippen LogP contribution is 2.28. The summed E-state index contributed by atoms with van der Waals surface area (Å²) in [6.45, 7) is 0. The molecule has 0 amide bonds. The average Bonchev–Trinajstić information content (AvgIpc) is 3.42. The Hall–Kier alpha value is -4.73. The maximum atomic E-state index is 13.8. The van der Waals surface area contributed by atoms with Crippen molar-refractivity contribution in [2.24, 2.45) is 0 Å². The first-order valence-electron chi connectivity index (χ1n) is 12.7. The van der Waals surface area contributed by atoms with Crippen LogP contribution in [0.1, 0.15) is 17.2 Å². The van der Waals surface area contributed by atoms with Crippen LogP contribution in [0.2, 0.25) is 10.2 Å². The van der Waals surface area contributed by atoms with E-state index in [1.807, 2.05) is 48.5 Å². The molecule has 6 aromatic rings. The van der Waals surface area contributed by atoms with Crippen LogP contribution >= 0.6 is 23.2 Å². The number of benzene rings is 3. The van der Waals surface area contributed by atoms with E-state index in [1.54, 1.807) is 36.8 Å². The van der Waals surface area contributed by atoms with Crippen molar-refractivity contribution in [3.63, 3.8) is 0 Å². The number of halogens is 2. The highest BCUT2D eigenvalue weighted by atomic mass is 35.5. The van der Waals surface area contributed by atoms with Crippen LogP contribution in [0.25, 0.3) is 28.0 Å². The lowest BCUT2D eigenvalue weighted by molar-refractivity contribution is -0.121. The summed E-state index contributed by atoms with van der Waals surface area (Å²) in [6, 6.07) is 20.9. The Morgan fingerprint density at radius 1 is 0.854 bits per heavy atom. The SMILES string of the molecule is O=C(Cc1ccc2nccnc2c1)[C@H](Cc1ccccc1)n1cnc(-c2cc(Cl)ccc2-n2cc(Cl)nn2)cc1=O. The Labute approximate surface area is 244 Å². The number of hydrogen-bond donors (Lipinski definition) is 0. The second-order valence-electron chi connectivity index (χ2n) is 9.39. The topological polar surface area (TPSA) is 108 Å². The number of carbonyl (C=O) groups excluding carboxylic acids is 1. The Kier molecular flexibility index (Phi) is 7.37. The summed E-state index contributed by atoms with van der Waals surface area (Å²) < 4.78 is 2.87. The lowest BCUT2D eigenvalue weighted by Crippen LogP contribution is -2.32. The van der Waals surface area contributed by atoms with Crippen LogP contribution in [0.3, 0.4) is 0 Å². The fourth-order valence-corrected chi connectivity index (χ4v) is 5.01. The summed E-state index contributed by atoms with van der Waals surface area (Å²) >= 11 is 12.3. The number of hydrogen-bond acceptors (Lipinski definition) is 7. The molecule has 6 rings (SSSR count). The molecule has 0 aliphatic rings. The molecule has 0 aliphatic heterocycles. The van der Waals surface area contributed by atoms with Gasteiger partial charge in [0, 0.05) is 41.9 Å². The van der Waals surface area contributed by atoms with Crippen molar-refractivity contribution in [3.8, 4) is 16.9 Å². The molecule has 0 radical (unpaired) electrons. The van der Waals surface area contributed by atoms with Crippen LogP contribution in [0, 0.1) is 0 Å². The van der Waals surface area contributed by atoms with Gasteiger partial charge in [-0.2, -0.15) is 0 Å². The maximum Gasteiger partial charge on any atom is 0.254 e. The number of nitrogens with zero attached hydrogens (tertiary/aromatic N) is 7. The number of ketones is 1. The van der Waals surface area contributed by atoms with Crippen molar-refractivity contribution >= 4 is 40.0 Å². The number of rotatable bonds is 8. The largest absolute Gasteiger partial charge is 0.297 e. The molecule has 0 N–H and O–H groups in total. The second kappa shape index (κ2) is 11.4. The third kappa shape index (κ3) is 5.77. The van der Waals surface area contributed by atoms with Crippen molar-refractivity contribution < 1.29 is 4.79 Å². The Bertz CT molecular complexity index is 1940. The van der Waals surface area contributed by atoms with E-state index >= 15 is 0 Å². The smallest absolute Gasteiger partial charge is 0.254 e. The first-order chi connectivity index (χ1) is 19.9. The van der Waals surface area contributed by atoms with E-state index < -0.39 is 6.04 Å². The van der Waals surface area contributed by atoms with Gasteiger partial charge in [-0.25, -0.2) is 9.67 Å². The molecule has 3 aromatic carbocycles. The summed E-state index contributed by atoms with van der Waals surface area (Å²) in [5, 5.41) is 8.53. The summed E-state index contributed by atoms with van der Waals surface area (Å²) in [4.78, 5) is 40.6. The lowest BCUT2D eigenvalue weighted by atomic mass is 9.97. The van der Waals surface area contributed by atoms with Crippen molar-refractivity contribution in [1.82, 2.24) is 34.5 Å². The van der Waals surface area contributed by atoms with Crippen LogP contribution < -0.4 is 5.56 Å². The van der Waals surface area contributed by atoms with Gasteiger partial charge in [-0.1, -0.05) is 64.8 Å². The fraction of sp³-hybridized carbons (Fsp3) is 0.100. The van der Waals surface area contributed by atoms with Gasteiger partial charge in [-0.3, -0.25) is 24.1 Å². The molecule has 0 unspecified atom stereocenters. The summed E-state index contributed by atoms with van der Waals surface area (Å²) in [5.41, 5.74) is 4.30. The Morgan fingerprint density at radius 3 is 2.41 bits per heavy atom. The number of Topliss-reactive ketones (excluding diaryl/α,β-unsaturated/α-hetero) is 1. The van der Waals surface area contributed by atoms with Crippen molar-refractivity contribution in [3.05, 3.63) is 129 Å². The molecule has 0 bridgehead atoms. The normalized spacial score (nSPS) is 12.0. The van der Waals surface area contributed by atoms with E-state index in [2.05, 4.69) is 25.3 Å². The number of carbonyl (C=O) groups is 1. The van der Waals surface area contributed by atoms with Gasteiger partial charge >= 0.3 is 0 Å². The van der Waals surface area contributed by atoms with E-state index in [4.69, 9.17) is 23.2 Å². The zero-order valence-electron chi connectivity index (χ0n) is 21.4. The lowest BCUT2D eigenvalue weighted by Gasteiger charge is -2.19. The predicted molar refractivity (Wildman–Crippen MR) is 156 cm³/mol. The van der Waals surface area contributed by atoms with Gasteiger partial charge in [0.25, 0.3) is 5.56 Å². The Balaban J connectivity index is 1.37. The molecule has 0 fully saturated rings. The van der Waals surface area contributed by atoms with Gasteiger partial charge < -0.3 is 0 Å². The van der Waals surface area contributed by atoms with Crippen molar-refractivity contribution in [2.75, 3.05) is 0 Å². The summed E-state index contributed by atoms with van der Waals surface area (Å²) in [5.74, 6) is -0.130. The standard InChI is InChI=1S/C30H21Cl2N7O2/c31-21-7-9-26(39-17-29(32)36-37-39)22(15-21)24-16-30(41)38(18-35-24)27(13-19-4-2-1-3-5-19)28(40)14-20-6-8-23-25(12-20)34-11-10-33-23/h1-12,15-18,27H,13-14H2/t27-/m0/s1. The number of aromatic nitrogens is 7. The van der Waals surface area contributed by atoms with Gasteiger partial charge in [-0.05, 0) is 41.5 Å². The fourth-order valence-electron chi connectivity index (χ4n) is 4.71. The molecule has 0 saturated heterocycles. The van der Waals surface area contributed by atoms with E-state index in [1.165, 1.54) is 21.6 Å². The molecular weight excluding hydrogens is 561 g/mol. The average molecular weight is 582 g/mol. The molecule has 0 spiro atoms. The van der Waals surface area contributed by atoms with Crippen LogP contribution in [0.5, 0.6) is 0 Å². The molecule has 9 nitrogen and oxygen atoms in total. The predicted octanol–water partition coefficient (Wildman–Crippen LogP) is 5.34. The summed E-state index contributed by atoms with van der Waals surface area (Å²) in [7, 11) is 0. The van der Waals surface area contributed by atoms with Gasteiger partial charge in [0.1, 0.15) is 6.04 Å². The minimum Gasteiger partial charge on any atom is -0.297 e. The maximum absolute atomic E-state index is 13.8. The zero-order chi connectivity index (χ0) is 28.3. The van der Waals surface area contributed by atoms with Crippen molar-refractivity contribution in [2.45, 2.75) is 18.9 Å². The minimum atomic E-state index is -0.781. The molecular formula is C30H21Cl2N7O2. The van der Waals surface area contributed by atoms with E-state index in [0.29, 0.717) is 33.9 Å². The van der Waals surface area contributed by atoms with E-state index in [0.717, 1.165) is 16.6 Å². The molecule has 41 heavy (non-hydrogen) atoms. The zero-order valence-corrected chi connectivity index (χ0v) is 22.9. The minimum absolute atomic E-state index is 0.115. The van der Waals surface area contributed by atoms with Gasteiger partial charge in [0.2, 0.25) is 0 Å². The van der Waals surface area contributed by atoms with Crippen LogP contribution in [-0.4, -0.2) is 40.3 Å². The molecule has 0 aliphatic carbocycles. The Morgan fingerprint density at radius 2 is 1.66 bits per heavy atom. The summed E-state index contributed by atoms with van der Waals surface area (Å²) in [6.07, 6.45) is 6.63. The first-order valence-corrected chi connectivity index (χ1v) is 13.4. The van der Waals surface area contributed by atoms with Gasteiger partial charge in [0.15, 0.2) is 10.9 Å². The highest BCUT2D eigenvalue weighted by Gasteiger charge is 2.24. The highest BCUT2D eigenvalue weighted by molar-refractivity contribution is 6.31. The second-order valence-corrected chi connectivity index (χ2v) is 10.2. The van der Waals surface area contributed by atoms with Crippen LogP contribution in [-0.2, 0) is 17.6 Å². The molecule has 202 valence electrons. The van der Waals surface area contributed by atoms with Crippen LogP contribution in [0.15, 0.2) is 103 Å². The van der Waals surface area contributed by atoms with Crippen molar-refractivity contribution in [1.29, 1.82) is 0 Å². The quantitative estimate of drug-likeness (QED) is 0.239. The molecule has 3 aromatic heterocycles. The third-order valence-electron chi connectivity index (χ3n) is 6.67. The molecule has 3 heterocycles. The molecule has 1 atom stereocenters. The van der Waals surface area contributed by atoms with Gasteiger partial charge in [0.05, 0.1) is 34.9 Å².